The summed E-state index contributed by atoms with van der Waals surface area (Å²) in [6, 6.07) is 0.261. The van der Waals surface area contributed by atoms with Crippen LogP contribution in [0.15, 0.2) is 6.20 Å². The number of aliphatic hydroxyl groups is 1. The second kappa shape index (κ2) is 4.35. The molecule has 2 unspecified atom stereocenters. The van der Waals surface area contributed by atoms with Gasteiger partial charge in [0.25, 0.3) is 0 Å². The topological polar surface area (TPSA) is 64.1 Å². The third-order valence-corrected chi connectivity index (χ3v) is 3.77. The van der Waals surface area contributed by atoms with Crippen LogP contribution in [0.4, 0.5) is 0 Å². The van der Waals surface area contributed by atoms with Crippen molar-refractivity contribution < 1.29 is 5.11 Å². The molecule has 0 bridgehead atoms. The summed E-state index contributed by atoms with van der Waals surface area (Å²) in [6.07, 6.45) is 5.58. The maximum Gasteiger partial charge on any atom is 0.0815 e. The fraction of sp³-hybridized carbons (Fsp3) is 0.727. The van der Waals surface area contributed by atoms with Gasteiger partial charge in [-0.3, -0.25) is 4.68 Å². The van der Waals surface area contributed by atoms with Gasteiger partial charge in [-0.05, 0) is 32.6 Å². The summed E-state index contributed by atoms with van der Waals surface area (Å²) in [7, 11) is 0. The number of aromatic nitrogens is 2. The molecule has 0 spiro atoms. The lowest BCUT2D eigenvalue weighted by Gasteiger charge is -2.36. The van der Waals surface area contributed by atoms with Gasteiger partial charge in [0, 0.05) is 11.7 Å². The van der Waals surface area contributed by atoms with Crippen molar-refractivity contribution in [2.75, 3.05) is 6.61 Å². The number of halogens is 1. The molecule has 3 N–H and O–H groups in total. The summed E-state index contributed by atoms with van der Waals surface area (Å²) < 4.78 is 1.90. The van der Waals surface area contributed by atoms with Crippen molar-refractivity contribution in [3.8, 4) is 0 Å². The quantitative estimate of drug-likeness (QED) is 0.830. The smallest absolute Gasteiger partial charge is 0.0815 e. The first-order chi connectivity index (χ1) is 7.54. The Kier molecular flexibility index (Phi) is 3.24. The van der Waals surface area contributed by atoms with Gasteiger partial charge in [0.1, 0.15) is 0 Å². The molecule has 1 aliphatic carbocycles. The molecular formula is C11H18ClN3O. The number of nitrogens with two attached hydrogens (primary N) is 1. The van der Waals surface area contributed by atoms with Crippen molar-refractivity contribution in [1.82, 2.24) is 9.78 Å². The van der Waals surface area contributed by atoms with Gasteiger partial charge in [-0.2, -0.15) is 5.10 Å². The Balaban J connectivity index is 2.15. The molecule has 0 saturated heterocycles. The van der Waals surface area contributed by atoms with Gasteiger partial charge in [-0.15, -0.1) is 0 Å². The van der Waals surface area contributed by atoms with Crippen molar-refractivity contribution in [3.05, 3.63) is 16.9 Å². The predicted molar refractivity (Wildman–Crippen MR) is 63.5 cm³/mol. The van der Waals surface area contributed by atoms with E-state index < -0.39 is 5.54 Å². The predicted octanol–water partition coefficient (Wildman–Crippen LogP) is 1.65. The Morgan fingerprint density at radius 3 is 3.06 bits per heavy atom. The summed E-state index contributed by atoms with van der Waals surface area (Å²) >= 11 is 5.99. The highest BCUT2D eigenvalue weighted by molar-refractivity contribution is 6.31. The zero-order chi connectivity index (χ0) is 11.8. The van der Waals surface area contributed by atoms with Gasteiger partial charge in [0.15, 0.2) is 0 Å². The summed E-state index contributed by atoms with van der Waals surface area (Å²) in [4.78, 5) is 0. The second-order valence-electron chi connectivity index (χ2n) is 4.81. The van der Waals surface area contributed by atoms with Crippen LogP contribution in [0.2, 0.25) is 5.02 Å². The summed E-state index contributed by atoms with van der Waals surface area (Å²) in [5, 5.41) is 14.4. The van der Waals surface area contributed by atoms with Crippen molar-refractivity contribution in [1.29, 1.82) is 0 Å². The summed E-state index contributed by atoms with van der Waals surface area (Å²) in [6.45, 7) is 1.93. The van der Waals surface area contributed by atoms with Gasteiger partial charge in [-0.25, -0.2) is 0 Å². The van der Waals surface area contributed by atoms with E-state index in [-0.39, 0.29) is 12.6 Å². The number of aliphatic hydroxyl groups excluding tert-OH is 1. The second-order valence-corrected chi connectivity index (χ2v) is 5.22. The highest BCUT2D eigenvalue weighted by Crippen LogP contribution is 2.34. The van der Waals surface area contributed by atoms with Crippen LogP contribution < -0.4 is 5.73 Å². The summed E-state index contributed by atoms with van der Waals surface area (Å²) in [5.74, 6) is 0. The Morgan fingerprint density at radius 2 is 2.50 bits per heavy atom. The standard InChI is InChI=1S/C11H18ClN3O/c1-8-10(12)6-15(14-8)9-3-2-4-11(13,5-9)7-16/h6,9,16H,2-5,7,13H2,1H3. The maximum atomic E-state index is 9.29. The van der Waals surface area contributed by atoms with E-state index in [1.807, 2.05) is 17.8 Å². The number of rotatable bonds is 2. The molecule has 4 nitrogen and oxygen atoms in total. The van der Waals surface area contributed by atoms with E-state index in [9.17, 15) is 5.11 Å². The van der Waals surface area contributed by atoms with Crippen molar-refractivity contribution in [2.24, 2.45) is 5.73 Å². The fourth-order valence-electron chi connectivity index (χ4n) is 2.38. The molecule has 16 heavy (non-hydrogen) atoms. The molecule has 5 heteroatoms. The fourth-order valence-corrected chi connectivity index (χ4v) is 2.52. The molecule has 2 rings (SSSR count). The van der Waals surface area contributed by atoms with Crippen molar-refractivity contribution in [2.45, 2.75) is 44.2 Å². The minimum atomic E-state index is -0.449. The lowest BCUT2D eigenvalue weighted by molar-refractivity contribution is 0.127. The Morgan fingerprint density at radius 1 is 1.75 bits per heavy atom. The molecule has 0 radical (unpaired) electrons. The molecule has 1 aliphatic rings. The van der Waals surface area contributed by atoms with Crippen LogP contribution in [-0.2, 0) is 0 Å². The molecular weight excluding hydrogens is 226 g/mol. The molecule has 1 heterocycles. The van der Waals surface area contributed by atoms with Crippen LogP contribution in [0.5, 0.6) is 0 Å². The van der Waals surface area contributed by atoms with Crippen molar-refractivity contribution in [3.63, 3.8) is 0 Å². The van der Waals surface area contributed by atoms with Gasteiger partial charge in [0.2, 0.25) is 0 Å². The monoisotopic (exact) mass is 243 g/mol. The average Bonchev–Trinajstić information content (AvgIpc) is 2.60. The van der Waals surface area contributed by atoms with Gasteiger partial charge in [0.05, 0.1) is 23.4 Å². The van der Waals surface area contributed by atoms with Gasteiger partial charge >= 0.3 is 0 Å². The van der Waals surface area contributed by atoms with Crippen LogP contribution in [0, 0.1) is 6.92 Å². The largest absolute Gasteiger partial charge is 0.394 e. The Labute approximate surface area is 100 Å². The zero-order valence-electron chi connectivity index (χ0n) is 9.49. The van der Waals surface area contributed by atoms with E-state index >= 15 is 0 Å². The first-order valence-corrected chi connectivity index (χ1v) is 6.03. The summed E-state index contributed by atoms with van der Waals surface area (Å²) in [5.41, 5.74) is 6.50. The molecule has 2 atom stereocenters. The Hall–Kier alpha value is -0.580. The van der Waals surface area contributed by atoms with Gasteiger partial charge in [-0.1, -0.05) is 11.6 Å². The molecule has 1 saturated carbocycles. The SMILES string of the molecule is Cc1nn(C2CCCC(N)(CO)C2)cc1Cl. The maximum absolute atomic E-state index is 9.29. The highest BCUT2D eigenvalue weighted by Gasteiger charge is 2.33. The lowest BCUT2D eigenvalue weighted by Crippen LogP contribution is -2.47. The first kappa shape index (κ1) is 11.9. The third-order valence-electron chi connectivity index (χ3n) is 3.40. The minimum Gasteiger partial charge on any atom is -0.394 e. The zero-order valence-corrected chi connectivity index (χ0v) is 10.2. The van der Waals surface area contributed by atoms with E-state index in [4.69, 9.17) is 17.3 Å². The lowest BCUT2D eigenvalue weighted by atomic mass is 9.80. The number of hydrogen-bond donors (Lipinski definition) is 2. The normalized spacial score (nSPS) is 30.6. The van der Waals surface area contributed by atoms with E-state index in [1.54, 1.807) is 0 Å². The number of hydrogen-bond acceptors (Lipinski definition) is 3. The van der Waals surface area contributed by atoms with Crippen LogP contribution in [-0.4, -0.2) is 27.0 Å². The van der Waals surface area contributed by atoms with Gasteiger partial charge < -0.3 is 10.8 Å². The molecule has 0 aliphatic heterocycles. The number of aryl methyl sites for hydroxylation is 1. The average molecular weight is 244 g/mol. The van der Waals surface area contributed by atoms with E-state index in [1.165, 1.54) is 0 Å². The van der Waals surface area contributed by atoms with E-state index in [2.05, 4.69) is 5.10 Å². The molecule has 0 amide bonds. The number of nitrogens with zero attached hydrogens (tertiary/aromatic N) is 2. The minimum absolute atomic E-state index is 0.0392. The highest BCUT2D eigenvalue weighted by atomic mass is 35.5. The first-order valence-electron chi connectivity index (χ1n) is 5.65. The molecule has 0 aromatic carbocycles. The van der Waals surface area contributed by atoms with Crippen LogP contribution in [0.3, 0.4) is 0 Å². The molecule has 90 valence electrons. The van der Waals surface area contributed by atoms with E-state index in [0.717, 1.165) is 31.4 Å². The van der Waals surface area contributed by atoms with Crippen LogP contribution in [0.1, 0.15) is 37.4 Å². The molecule has 1 aromatic rings. The van der Waals surface area contributed by atoms with Crippen LogP contribution in [0.25, 0.3) is 0 Å². The van der Waals surface area contributed by atoms with E-state index in [0.29, 0.717) is 5.02 Å². The van der Waals surface area contributed by atoms with Crippen molar-refractivity contribution >= 4 is 11.6 Å². The Bertz CT molecular complexity index is 360. The molecule has 1 aromatic heterocycles. The van der Waals surface area contributed by atoms with Crippen LogP contribution >= 0.6 is 11.6 Å². The molecule has 1 fully saturated rings. The third kappa shape index (κ3) is 2.24.